The molecule has 3 fully saturated rings. The Hall–Kier alpha value is -1.31. The Morgan fingerprint density at radius 2 is 1.74 bits per heavy atom. The summed E-state index contributed by atoms with van der Waals surface area (Å²) >= 11 is 0. The van der Waals surface area contributed by atoms with E-state index < -0.39 is 12.1 Å². The van der Waals surface area contributed by atoms with E-state index in [0.29, 0.717) is 5.91 Å². The zero-order valence-electron chi connectivity index (χ0n) is 16.1. The average Bonchev–Trinajstić information content (AvgIpc) is 2.78. The van der Waals surface area contributed by atoms with Crippen molar-refractivity contribution in [3.8, 4) is 0 Å². The number of likely N-dealkylation sites (tertiary alicyclic amines) is 2. The number of aliphatic carboxylic acids is 1. The summed E-state index contributed by atoms with van der Waals surface area (Å²) in [7, 11) is 2.03. The normalized spacial score (nSPS) is 28.0. The van der Waals surface area contributed by atoms with E-state index in [9.17, 15) is 18.0 Å². The molecular formula is C19H31F3N2O3. The van der Waals surface area contributed by atoms with E-state index in [1.165, 1.54) is 71.0 Å². The molecule has 2 heterocycles. The van der Waals surface area contributed by atoms with Gasteiger partial charge in [0.15, 0.2) is 0 Å². The lowest BCUT2D eigenvalue weighted by molar-refractivity contribution is -0.192. The van der Waals surface area contributed by atoms with Crippen LogP contribution in [0.25, 0.3) is 0 Å². The lowest BCUT2D eigenvalue weighted by atomic mass is 9.88. The van der Waals surface area contributed by atoms with Crippen LogP contribution in [-0.4, -0.2) is 65.2 Å². The molecule has 0 bridgehead atoms. The number of carboxylic acid groups (broad SMARTS) is 1. The molecule has 5 nitrogen and oxygen atoms in total. The number of amides is 1. The van der Waals surface area contributed by atoms with Gasteiger partial charge in [-0.25, -0.2) is 4.79 Å². The van der Waals surface area contributed by atoms with Gasteiger partial charge in [-0.3, -0.25) is 4.79 Å². The smallest absolute Gasteiger partial charge is 0.475 e. The lowest BCUT2D eigenvalue weighted by Crippen LogP contribution is -2.44. The molecule has 1 spiro atoms. The van der Waals surface area contributed by atoms with Crippen molar-refractivity contribution in [3.05, 3.63) is 0 Å². The summed E-state index contributed by atoms with van der Waals surface area (Å²) in [6, 6.07) is 0. The molecule has 0 aromatic rings. The molecule has 1 saturated carbocycles. The molecule has 1 atom stereocenters. The van der Waals surface area contributed by atoms with Crippen LogP contribution in [0, 0.1) is 5.92 Å². The van der Waals surface area contributed by atoms with Gasteiger partial charge in [0, 0.05) is 32.1 Å². The molecule has 1 N–H and O–H groups in total. The van der Waals surface area contributed by atoms with Gasteiger partial charge in [0.25, 0.3) is 0 Å². The summed E-state index contributed by atoms with van der Waals surface area (Å²) in [6.45, 7) is 3.77. The number of hydrogen-bond donors (Lipinski definition) is 1. The summed E-state index contributed by atoms with van der Waals surface area (Å²) in [5.41, 5.74) is 0.207. The number of nitrogens with zero attached hydrogens (tertiary/aromatic N) is 2. The predicted molar refractivity (Wildman–Crippen MR) is 95.3 cm³/mol. The molecule has 3 aliphatic rings. The van der Waals surface area contributed by atoms with Crippen LogP contribution in [-0.2, 0) is 9.59 Å². The van der Waals surface area contributed by atoms with Crippen LogP contribution in [0.4, 0.5) is 13.2 Å². The second-order valence-electron chi connectivity index (χ2n) is 8.14. The third-order valence-electron chi connectivity index (χ3n) is 6.38. The zero-order valence-corrected chi connectivity index (χ0v) is 16.1. The van der Waals surface area contributed by atoms with Gasteiger partial charge in [-0.1, -0.05) is 19.3 Å². The fourth-order valence-electron chi connectivity index (χ4n) is 4.68. The highest BCUT2D eigenvalue weighted by Gasteiger charge is 2.43. The Bertz CT molecular complexity index is 521. The largest absolute Gasteiger partial charge is 0.490 e. The van der Waals surface area contributed by atoms with Crippen molar-refractivity contribution in [1.82, 2.24) is 9.80 Å². The van der Waals surface area contributed by atoms with Crippen LogP contribution in [0.3, 0.4) is 0 Å². The van der Waals surface area contributed by atoms with E-state index in [-0.39, 0.29) is 5.54 Å². The number of carboxylic acids is 1. The molecule has 0 radical (unpaired) electrons. The first-order valence-electron chi connectivity index (χ1n) is 9.93. The van der Waals surface area contributed by atoms with Gasteiger partial charge in [0.05, 0.1) is 0 Å². The van der Waals surface area contributed by atoms with E-state index in [1.807, 2.05) is 7.05 Å². The first-order chi connectivity index (χ1) is 12.6. The molecule has 1 amide bonds. The van der Waals surface area contributed by atoms with Crippen molar-refractivity contribution >= 4 is 11.9 Å². The van der Waals surface area contributed by atoms with Crippen LogP contribution < -0.4 is 0 Å². The predicted octanol–water partition coefficient (Wildman–Crippen LogP) is 3.68. The van der Waals surface area contributed by atoms with Crippen molar-refractivity contribution in [2.24, 2.45) is 5.92 Å². The quantitative estimate of drug-likeness (QED) is 0.779. The first-order valence-corrected chi connectivity index (χ1v) is 9.93. The SMILES string of the molecule is CN1C(=O)CCC12CCCN(CC1CCCCC1)CC2.O=C(O)C(F)(F)F. The van der Waals surface area contributed by atoms with Crippen LogP contribution in [0.2, 0.25) is 0 Å². The van der Waals surface area contributed by atoms with E-state index in [2.05, 4.69) is 9.80 Å². The van der Waals surface area contributed by atoms with Crippen molar-refractivity contribution in [2.75, 3.05) is 26.7 Å². The van der Waals surface area contributed by atoms with E-state index >= 15 is 0 Å². The lowest BCUT2D eigenvalue weighted by Gasteiger charge is -2.35. The summed E-state index contributed by atoms with van der Waals surface area (Å²) in [5, 5.41) is 7.12. The number of hydrogen-bond acceptors (Lipinski definition) is 3. The highest BCUT2D eigenvalue weighted by molar-refractivity contribution is 5.79. The number of alkyl halides is 3. The first kappa shape index (κ1) is 22.0. The second kappa shape index (κ2) is 9.26. The fourth-order valence-corrected chi connectivity index (χ4v) is 4.68. The minimum absolute atomic E-state index is 0.207. The van der Waals surface area contributed by atoms with Crippen molar-refractivity contribution in [3.63, 3.8) is 0 Å². The van der Waals surface area contributed by atoms with Crippen molar-refractivity contribution in [1.29, 1.82) is 0 Å². The summed E-state index contributed by atoms with van der Waals surface area (Å²) in [5.74, 6) is -1.45. The van der Waals surface area contributed by atoms with Crippen LogP contribution >= 0.6 is 0 Å². The number of carbonyl (C=O) groups excluding carboxylic acids is 1. The van der Waals surface area contributed by atoms with Gasteiger partial charge >= 0.3 is 12.1 Å². The van der Waals surface area contributed by atoms with Crippen LogP contribution in [0.5, 0.6) is 0 Å². The highest BCUT2D eigenvalue weighted by Crippen LogP contribution is 2.38. The van der Waals surface area contributed by atoms with E-state index in [4.69, 9.17) is 9.90 Å². The zero-order chi connectivity index (χ0) is 20.1. The molecule has 2 aliphatic heterocycles. The minimum Gasteiger partial charge on any atom is -0.475 e. The highest BCUT2D eigenvalue weighted by atomic mass is 19.4. The number of carbonyl (C=O) groups is 2. The van der Waals surface area contributed by atoms with Crippen LogP contribution in [0.1, 0.15) is 64.2 Å². The maximum Gasteiger partial charge on any atom is 0.490 e. The molecule has 0 aromatic carbocycles. The van der Waals surface area contributed by atoms with E-state index in [1.54, 1.807) is 0 Å². The Morgan fingerprint density at radius 1 is 1.11 bits per heavy atom. The Morgan fingerprint density at radius 3 is 2.26 bits per heavy atom. The average molecular weight is 392 g/mol. The van der Waals surface area contributed by atoms with Crippen LogP contribution in [0.15, 0.2) is 0 Å². The Balaban J connectivity index is 0.000000321. The molecule has 156 valence electrons. The Kier molecular flexibility index (Phi) is 7.54. The van der Waals surface area contributed by atoms with Gasteiger partial charge in [0.1, 0.15) is 0 Å². The van der Waals surface area contributed by atoms with Gasteiger partial charge < -0.3 is 14.9 Å². The van der Waals surface area contributed by atoms with Gasteiger partial charge in [0.2, 0.25) is 5.91 Å². The van der Waals surface area contributed by atoms with Gasteiger partial charge in [-0.15, -0.1) is 0 Å². The molecule has 3 rings (SSSR count). The van der Waals surface area contributed by atoms with Gasteiger partial charge in [-0.2, -0.15) is 13.2 Å². The summed E-state index contributed by atoms with van der Waals surface area (Å²) in [4.78, 5) is 25.5. The molecule has 1 aliphatic carbocycles. The third-order valence-corrected chi connectivity index (χ3v) is 6.38. The topological polar surface area (TPSA) is 60.9 Å². The summed E-state index contributed by atoms with van der Waals surface area (Å²) < 4.78 is 31.7. The third kappa shape index (κ3) is 6.09. The maximum absolute atomic E-state index is 11.9. The monoisotopic (exact) mass is 392 g/mol. The Labute approximate surface area is 158 Å². The molecule has 0 aromatic heterocycles. The summed E-state index contributed by atoms with van der Waals surface area (Å²) in [6.07, 6.45) is 7.70. The number of halogens is 3. The second-order valence-corrected chi connectivity index (χ2v) is 8.14. The van der Waals surface area contributed by atoms with Crippen molar-refractivity contribution in [2.45, 2.75) is 75.9 Å². The molecule has 2 saturated heterocycles. The fraction of sp³-hybridized carbons (Fsp3) is 0.895. The van der Waals surface area contributed by atoms with Gasteiger partial charge in [-0.05, 0) is 51.0 Å². The maximum atomic E-state index is 11.9. The molecular weight excluding hydrogens is 361 g/mol. The molecule has 1 unspecified atom stereocenters. The molecule has 8 heteroatoms. The standard InChI is InChI=1S/C17H30N2O.C2HF3O2/c1-18-16(20)8-10-17(18)9-5-12-19(13-11-17)14-15-6-3-2-4-7-15;3-2(4,5)1(6)7/h15H,2-14H2,1H3;(H,6,7). The number of rotatable bonds is 2. The van der Waals surface area contributed by atoms with Crippen molar-refractivity contribution < 1.29 is 27.9 Å². The van der Waals surface area contributed by atoms with E-state index in [0.717, 1.165) is 18.8 Å². The molecule has 27 heavy (non-hydrogen) atoms. The minimum atomic E-state index is -5.08.